The number of nitrogens with one attached hydrogen (secondary N) is 2. The SMILES string of the molecule is Cc1cc(CN2CCOC3(COC(C(=O)NCc4ccccc4)C3)C2)n[nH]1. The zero-order chi connectivity index (χ0) is 18.7. The second-order valence-corrected chi connectivity index (χ2v) is 7.49. The smallest absolute Gasteiger partial charge is 0.249 e. The summed E-state index contributed by atoms with van der Waals surface area (Å²) in [6, 6.07) is 12.0. The fourth-order valence-corrected chi connectivity index (χ4v) is 3.83. The molecule has 2 aromatic rings. The van der Waals surface area contributed by atoms with Gasteiger partial charge in [-0.1, -0.05) is 30.3 Å². The fourth-order valence-electron chi connectivity index (χ4n) is 3.83. The minimum Gasteiger partial charge on any atom is -0.370 e. The molecular formula is C20H26N4O3. The van der Waals surface area contributed by atoms with E-state index in [1.807, 2.05) is 37.3 Å². The number of nitrogens with zero attached hydrogens (tertiary/aromatic N) is 2. The maximum Gasteiger partial charge on any atom is 0.249 e. The number of aryl methyl sites for hydroxylation is 1. The van der Waals surface area contributed by atoms with Crippen LogP contribution < -0.4 is 5.32 Å². The summed E-state index contributed by atoms with van der Waals surface area (Å²) in [5.41, 5.74) is 2.76. The van der Waals surface area contributed by atoms with Crippen molar-refractivity contribution in [3.05, 3.63) is 53.3 Å². The van der Waals surface area contributed by atoms with Crippen LogP contribution in [-0.2, 0) is 27.4 Å². The van der Waals surface area contributed by atoms with Gasteiger partial charge in [-0.3, -0.25) is 14.8 Å². The average Bonchev–Trinajstić information content (AvgIpc) is 3.27. The molecule has 2 aliphatic heterocycles. The summed E-state index contributed by atoms with van der Waals surface area (Å²) in [7, 11) is 0. The molecule has 0 aliphatic carbocycles. The molecule has 1 aromatic heterocycles. The van der Waals surface area contributed by atoms with Crippen molar-refractivity contribution in [1.82, 2.24) is 20.4 Å². The van der Waals surface area contributed by atoms with Gasteiger partial charge in [-0.25, -0.2) is 0 Å². The summed E-state index contributed by atoms with van der Waals surface area (Å²) >= 11 is 0. The fraction of sp³-hybridized carbons (Fsp3) is 0.500. The molecule has 1 spiro atoms. The molecule has 2 aliphatic rings. The van der Waals surface area contributed by atoms with Gasteiger partial charge < -0.3 is 14.8 Å². The number of aromatic nitrogens is 2. The number of carbonyl (C=O) groups is 1. The van der Waals surface area contributed by atoms with Gasteiger partial charge >= 0.3 is 0 Å². The summed E-state index contributed by atoms with van der Waals surface area (Å²) in [5.74, 6) is -0.0700. The van der Waals surface area contributed by atoms with Crippen molar-refractivity contribution in [1.29, 1.82) is 0 Å². The zero-order valence-corrected chi connectivity index (χ0v) is 15.6. The molecular weight excluding hydrogens is 344 g/mol. The van der Waals surface area contributed by atoms with Crippen LogP contribution in [0.15, 0.2) is 36.4 Å². The monoisotopic (exact) mass is 370 g/mol. The van der Waals surface area contributed by atoms with Crippen LogP contribution >= 0.6 is 0 Å². The number of carbonyl (C=O) groups excluding carboxylic acids is 1. The van der Waals surface area contributed by atoms with Crippen molar-refractivity contribution in [3.63, 3.8) is 0 Å². The van der Waals surface area contributed by atoms with Gasteiger partial charge in [0.05, 0.1) is 18.9 Å². The topological polar surface area (TPSA) is 79.5 Å². The first-order valence-corrected chi connectivity index (χ1v) is 9.42. The van der Waals surface area contributed by atoms with Crippen LogP contribution in [0.1, 0.15) is 23.4 Å². The second-order valence-electron chi connectivity index (χ2n) is 7.49. The molecule has 7 heteroatoms. The Hall–Kier alpha value is -2.22. The highest BCUT2D eigenvalue weighted by Gasteiger charge is 2.46. The number of hydrogen-bond donors (Lipinski definition) is 2. The summed E-state index contributed by atoms with van der Waals surface area (Å²) < 4.78 is 11.9. The lowest BCUT2D eigenvalue weighted by Gasteiger charge is -2.39. The van der Waals surface area contributed by atoms with Crippen LogP contribution in [-0.4, -0.2) is 59.0 Å². The van der Waals surface area contributed by atoms with Gasteiger partial charge in [-0.2, -0.15) is 5.10 Å². The Balaban J connectivity index is 1.31. The first-order chi connectivity index (χ1) is 13.1. The van der Waals surface area contributed by atoms with Gasteiger partial charge in [0.2, 0.25) is 5.91 Å². The number of H-pyrrole nitrogens is 1. The van der Waals surface area contributed by atoms with E-state index in [1.165, 1.54) is 0 Å². The molecule has 2 N–H and O–H groups in total. The maximum atomic E-state index is 12.5. The Morgan fingerprint density at radius 2 is 2.26 bits per heavy atom. The van der Waals surface area contributed by atoms with E-state index < -0.39 is 11.7 Å². The number of rotatable bonds is 5. The summed E-state index contributed by atoms with van der Waals surface area (Å²) in [4.78, 5) is 14.8. The lowest BCUT2D eigenvalue weighted by Crippen LogP contribution is -2.52. The molecule has 1 amide bonds. The third-order valence-corrected chi connectivity index (χ3v) is 5.18. The molecule has 0 radical (unpaired) electrons. The Morgan fingerprint density at radius 3 is 3.04 bits per heavy atom. The van der Waals surface area contributed by atoms with Gasteiger partial charge in [0.1, 0.15) is 11.7 Å². The van der Waals surface area contributed by atoms with E-state index in [1.54, 1.807) is 0 Å². The summed E-state index contributed by atoms with van der Waals surface area (Å²) in [6.07, 6.45) is 0.130. The minimum atomic E-state index is -0.457. The Kier molecular flexibility index (Phi) is 5.24. The molecule has 0 saturated carbocycles. The predicted octanol–water partition coefficient (Wildman–Crippen LogP) is 1.39. The zero-order valence-electron chi connectivity index (χ0n) is 15.6. The summed E-state index contributed by atoms with van der Waals surface area (Å²) in [5, 5.41) is 10.3. The number of morpholine rings is 1. The van der Waals surface area contributed by atoms with Crippen molar-refractivity contribution in [2.75, 3.05) is 26.3 Å². The lowest BCUT2D eigenvalue weighted by molar-refractivity contribution is -0.130. The molecule has 3 heterocycles. The molecule has 1 aromatic carbocycles. The average molecular weight is 370 g/mol. The first-order valence-electron chi connectivity index (χ1n) is 9.42. The standard InChI is InChI=1S/C20H26N4O3/c1-15-9-17(23-22-15)12-24-7-8-27-20(13-24)10-18(26-14-20)19(25)21-11-16-5-3-2-4-6-16/h2-6,9,18H,7-8,10-14H2,1H3,(H,21,25)(H,22,23). The molecule has 7 nitrogen and oxygen atoms in total. The van der Waals surface area contributed by atoms with Crippen LogP contribution in [0, 0.1) is 6.92 Å². The highest BCUT2D eigenvalue weighted by molar-refractivity contribution is 5.81. The largest absolute Gasteiger partial charge is 0.370 e. The molecule has 2 saturated heterocycles. The third-order valence-electron chi connectivity index (χ3n) is 5.18. The van der Waals surface area contributed by atoms with E-state index in [4.69, 9.17) is 9.47 Å². The number of hydrogen-bond acceptors (Lipinski definition) is 5. The molecule has 0 bridgehead atoms. The number of ether oxygens (including phenoxy) is 2. The van der Waals surface area contributed by atoms with Gasteiger partial charge in [0.15, 0.2) is 0 Å². The lowest BCUT2D eigenvalue weighted by atomic mass is 9.97. The van der Waals surface area contributed by atoms with Gasteiger partial charge in [-0.15, -0.1) is 0 Å². The number of benzene rings is 1. The van der Waals surface area contributed by atoms with Crippen molar-refractivity contribution < 1.29 is 14.3 Å². The third kappa shape index (κ3) is 4.37. The highest BCUT2D eigenvalue weighted by atomic mass is 16.6. The predicted molar refractivity (Wildman–Crippen MR) is 99.9 cm³/mol. The number of aromatic amines is 1. The van der Waals surface area contributed by atoms with Crippen molar-refractivity contribution in [3.8, 4) is 0 Å². The molecule has 2 fully saturated rings. The quantitative estimate of drug-likeness (QED) is 0.832. The Bertz CT molecular complexity index is 779. The maximum absolute atomic E-state index is 12.5. The summed E-state index contributed by atoms with van der Waals surface area (Å²) in [6.45, 7) is 6.00. The van der Waals surface area contributed by atoms with Crippen LogP contribution in [0.3, 0.4) is 0 Å². The Labute approximate surface area is 159 Å². The normalized spacial score (nSPS) is 25.7. The molecule has 2 unspecified atom stereocenters. The Morgan fingerprint density at radius 1 is 1.41 bits per heavy atom. The van der Waals surface area contributed by atoms with Crippen molar-refractivity contribution in [2.24, 2.45) is 0 Å². The van der Waals surface area contributed by atoms with Crippen molar-refractivity contribution >= 4 is 5.91 Å². The van der Waals surface area contributed by atoms with Crippen LogP contribution in [0.5, 0.6) is 0 Å². The van der Waals surface area contributed by atoms with Crippen LogP contribution in [0.25, 0.3) is 0 Å². The molecule has 4 rings (SSSR count). The van der Waals surface area contributed by atoms with E-state index >= 15 is 0 Å². The van der Waals surface area contributed by atoms with E-state index in [0.29, 0.717) is 26.2 Å². The number of amides is 1. The first kappa shape index (κ1) is 18.2. The second kappa shape index (κ2) is 7.80. The molecule has 2 atom stereocenters. The van der Waals surface area contributed by atoms with Crippen LogP contribution in [0.4, 0.5) is 0 Å². The van der Waals surface area contributed by atoms with E-state index in [-0.39, 0.29) is 5.91 Å². The molecule has 144 valence electrons. The minimum absolute atomic E-state index is 0.0700. The van der Waals surface area contributed by atoms with Gasteiger partial charge in [-0.05, 0) is 18.6 Å². The van der Waals surface area contributed by atoms with Crippen LogP contribution in [0.2, 0.25) is 0 Å². The molecule has 27 heavy (non-hydrogen) atoms. The highest BCUT2D eigenvalue weighted by Crippen LogP contribution is 2.32. The van der Waals surface area contributed by atoms with Gasteiger partial charge in [0, 0.05) is 38.3 Å². The van der Waals surface area contributed by atoms with Gasteiger partial charge in [0.25, 0.3) is 0 Å². The van der Waals surface area contributed by atoms with Crippen molar-refractivity contribution in [2.45, 2.75) is 38.1 Å². The van der Waals surface area contributed by atoms with E-state index in [0.717, 1.165) is 36.6 Å². The van der Waals surface area contributed by atoms with E-state index in [9.17, 15) is 4.79 Å². The van der Waals surface area contributed by atoms with E-state index in [2.05, 4.69) is 26.5 Å².